The van der Waals surface area contributed by atoms with Gasteiger partial charge >= 0.3 is 0 Å². The molecule has 1 amide bonds. The van der Waals surface area contributed by atoms with Gasteiger partial charge in [-0.3, -0.25) is 9.78 Å². The summed E-state index contributed by atoms with van der Waals surface area (Å²) in [6.07, 6.45) is 2.07. The minimum atomic E-state index is -3.93. The van der Waals surface area contributed by atoms with Crippen molar-refractivity contribution in [2.75, 3.05) is 19.0 Å². The molecule has 2 N–H and O–H groups in total. The third-order valence-electron chi connectivity index (χ3n) is 4.87. The van der Waals surface area contributed by atoms with E-state index in [0.717, 1.165) is 5.69 Å². The summed E-state index contributed by atoms with van der Waals surface area (Å²) in [5, 5.41) is 2.76. The standard InChI is InChI=1S/C23H22N4O5S/c1-15-26-19-14-18(7-9-20(19)32-15)27-23(28)16-6-8-21(31-2)22(13-16)33(29,30)25-12-10-17-5-3-4-11-24-17/h3-9,11,13-14,25H,10,12H2,1-2H3,(H,27,28). The maximum atomic E-state index is 12.9. The number of hydrogen-bond donors (Lipinski definition) is 2. The largest absolute Gasteiger partial charge is 0.495 e. The van der Waals surface area contributed by atoms with Crippen LogP contribution < -0.4 is 14.8 Å². The zero-order chi connectivity index (χ0) is 23.4. The first-order chi connectivity index (χ1) is 15.9. The number of rotatable bonds is 8. The molecule has 0 radical (unpaired) electrons. The monoisotopic (exact) mass is 466 g/mol. The first kappa shape index (κ1) is 22.4. The lowest BCUT2D eigenvalue weighted by Gasteiger charge is -2.13. The normalized spacial score (nSPS) is 11.5. The van der Waals surface area contributed by atoms with E-state index < -0.39 is 15.9 Å². The average Bonchev–Trinajstić information content (AvgIpc) is 3.18. The van der Waals surface area contributed by atoms with Gasteiger partial charge in [0.25, 0.3) is 5.91 Å². The molecule has 2 aromatic heterocycles. The second kappa shape index (κ2) is 9.39. The summed E-state index contributed by atoms with van der Waals surface area (Å²) in [7, 11) is -2.56. The summed E-state index contributed by atoms with van der Waals surface area (Å²) in [5.41, 5.74) is 2.66. The summed E-state index contributed by atoms with van der Waals surface area (Å²) < 4.78 is 39.0. The maximum absolute atomic E-state index is 12.9. The van der Waals surface area contributed by atoms with Crippen molar-refractivity contribution in [3.8, 4) is 5.75 Å². The van der Waals surface area contributed by atoms with Crippen LogP contribution >= 0.6 is 0 Å². The molecule has 0 aliphatic heterocycles. The van der Waals surface area contributed by atoms with E-state index in [-0.39, 0.29) is 22.8 Å². The molecule has 0 saturated carbocycles. The Morgan fingerprint density at radius 1 is 1.12 bits per heavy atom. The minimum absolute atomic E-state index is 0.124. The molecular weight excluding hydrogens is 444 g/mol. The fourth-order valence-corrected chi connectivity index (χ4v) is 4.51. The Balaban J connectivity index is 1.52. The summed E-state index contributed by atoms with van der Waals surface area (Å²) in [5.74, 6) is 0.188. The van der Waals surface area contributed by atoms with Gasteiger partial charge in [-0.15, -0.1) is 0 Å². The van der Waals surface area contributed by atoms with E-state index in [2.05, 4.69) is 20.0 Å². The smallest absolute Gasteiger partial charge is 0.255 e. The fraction of sp³-hybridized carbons (Fsp3) is 0.174. The van der Waals surface area contributed by atoms with E-state index in [1.165, 1.54) is 25.3 Å². The number of aryl methyl sites for hydroxylation is 1. The van der Waals surface area contributed by atoms with Gasteiger partial charge in [-0.05, 0) is 48.5 Å². The Kier molecular flexibility index (Phi) is 6.38. The van der Waals surface area contributed by atoms with Gasteiger partial charge < -0.3 is 14.5 Å². The number of nitrogens with zero attached hydrogens (tertiary/aromatic N) is 2. The van der Waals surface area contributed by atoms with Crippen molar-refractivity contribution in [1.82, 2.24) is 14.7 Å². The fourth-order valence-electron chi connectivity index (χ4n) is 3.29. The number of methoxy groups -OCH3 is 1. The number of anilines is 1. The Morgan fingerprint density at radius 3 is 2.73 bits per heavy atom. The maximum Gasteiger partial charge on any atom is 0.255 e. The van der Waals surface area contributed by atoms with Crippen molar-refractivity contribution in [3.05, 3.63) is 77.9 Å². The molecule has 4 rings (SSSR count). The van der Waals surface area contributed by atoms with Gasteiger partial charge in [0.15, 0.2) is 11.5 Å². The molecule has 0 bridgehead atoms. The molecule has 2 aromatic carbocycles. The molecule has 0 spiro atoms. The summed E-state index contributed by atoms with van der Waals surface area (Å²) in [6.45, 7) is 1.89. The molecule has 0 saturated heterocycles. The SMILES string of the molecule is COc1ccc(C(=O)Nc2ccc3oc(C)nc3c2)cc1S(=O)(=O)NCCc1ccccn1. The lowest BCUT2D eigenvalue weighted by Crippen LogP contribution is -2.27. The number of pyridine rings is 1. The number of ether oxygens (including phenoxy) is 1. The number of carbonyl (C=O) groups is 1. The van der Waals surface area contributed by atoms with Gasteiger partial charge in [0.2, 0.25) is 10.0 Å². The van der Waals surface area contributed by atoms with E-state index in [1.807, 2.05) is 12.1 Å². The molecule has 9 nitrogen and oxygen atoms in total. The number of nitrogens with one attached hydrogen (secondary N) is 2. The van der Waals surface area contributed by atoms with Crippen molar-refractivity contribution in [3.63, 3.8) is 0 Å². The zero-order valence-corrected chi connectivity index (χ0v) is 18.8. The van der Waals surface area contributed by atoms with E-state index in [9.17, 15) is 13.2 Å². The number of carbonyl (C=O) groups excluding carboxylic acids is 1. The Labute approximate surface area is 190 Å². The van der Waals surface area contributed by atoms with Crippen LogP contribution in [-0.2, 0) is 16.4 Å². The van der Waals surface area contributed by atoms with E-state index in [1.54, 1.807) is 37.4 Å². The highest BCUT2D eigenvalue weighted by Gasteiger charge is 2.22. The van der Waals surface area contributed by atoms with Crippen LogP contribution in [0, 0.1) is 6.92 Å². The molecule has 0 unspecified atom stereocenters. The number of fused-ring (bicyclic) bond motifs is 1. The molecule has 170 valence electrons. The van der Waals surface area contributed by atoms with Gasteiger partial charge in [-0.1, -0.05) is 6.07 Å². The Hall–Kier alpha value is -3.76. The lowest BCUT2D eigenvalue weighted by molar-refractivity contribution is 0.102. The van der Waals surface area contributed by atoms with Crippen LogP contribution in [0.1, 0.15) is 21.9 Å². The number of sulfonamides is 1. The van der Waals surface area contributed by atoms with Crippen LogP contribution in [-0.4, -0.2) is 37.9 Å². The van der Waals surface area contributed by atoms with Crippen LogP contribution in [0.25, 0.3) is 11.1 Å². The molecule has 10 heteroatoms. The number of amides is 1. The Morgan fingerprint density at radius 2 is 1.97 bits per heavy atom. The van der Waals surface area contributed by atoms with Crippen molar-refractivity contribution < 1.29 is 22.4 Å². The van der Waals surface area contributed by atoms with Crippen molar-refractivity contribution in [2.24, 2.45) is 0 Å². The van der Waals surface area contributed by atoms with Crippen molar-refractivity contribution in [2.45, 2.75) is 18.2 Å². The number of benzene rings is 2. The highest BCUT2D eigenvalue weighted by molar-refractivity contribution is 7.89. The third kappa shape index (κ3) is 5.18. The number of hydrogen-bond acceptors (Lipinski definition) is 7. The molecule has 4 aromatic rings. The summed E-state index contributed by atoms with van der Waals surface area (Å²) in [4.78, 5) is 21.1. The number of oxazole rings is 1. The van der Waals surface area contributed by atoms with Gasteiger partial charge in [0, 0.05) is 43.0 Å². The second-order valence-corrected chi connectivity index (χ2v) is 8.94. The highest BCUT2D eigenvalue weighted by Crippen LogP contribution is 2.26. The van der Waals surface area contributed by atoms with E-state index >= 15 is 0 Å². The van der Waals surface area contributed by atoms with Gasteiger partial charge in [-0.2, -0.15) is 0 Å². The van der Waals surface area contributed by atoms with Crippen LogP contribution in [0.3, 0.4) is 0 Å². The predicted octanol–water partition coefficient (Wildman–Crippen LogP) is 3.31. The molecule has 2 heterocycles. The highest BCUT2D eigenvalue weighted by atomic mass is 32.2. The van der Waals surface area contributed by atoms with Crippen LogP contribution in [0.4, 0.5) is 5.69 Å². The second-order valence-electron chi connectivity index (χ2n) is 7.20. The predicted molar refractivity (Wildman–Crippen MR) is 123 cm³/mol. The molecular formula is C23H22N4O5S. The van der Waals surface area contributed by atoms with Crippen LogP contribution in [0.2, 0.25) is 0 Å². The van der Waals surface area contributed by atoms with E-state index in [4.69, 9.17) is 9.15 Å². The minimum Gasteiger partial charge on any atom is -0.495 e. The van der Waals surface area contributed by atoms with Gasteiger partial charge in [0.05, 0.1) is 7.11 Å². The quantitative estimate of drug-likeness (QED) is 0.408. The lowest BCUT2D eigenvalue weighted by atomic mass is 10.2. The average molecular weight is 467 g/mol. The first-order valence-electron chi connectivity index (χ1n) is 10.1. The topological polar surface area (TPSA) is 123 Å². The molecule has 0 atom stereocenters. The number of aromatic nitrogens is 2. The van der Waals surface area contributed by atoms with Crippen LogP contribution in [0.5, 0.6) is 5.75 Å². The summed E-state index contributed by atoms with van der Waals surface area (Å²) in [6, 6.07) is 14.8. The first-order valence-corrected chi connectivity index (χ1v) is 11.6. The van der Waals surface area contributed by atoms with Crippen molar-refractivity contribution in [1.29, 1.82) is 0 Å². The third-order valence-corrected chi connectivity index (χ3v) is 6.35. The van der Waals surface area contributed by atoms with Gasteiger partial charge in [-0.25, -0.2) is 18.1 Å². The molecule has 33 heavy (non-hydrogen) atoms. The van der Waals surface area contributed by atoms with Crippen molar-refractivity contribution >= 4 is 32.7 Å². The zero-order valence-electron chi connectivity index (χ0n) is 18.0. The Bertz CT molecular complexity index is 1400. The molecule has 0 fully saturated rings. The molecule has 0 aliphatic carbocycles. The van der Waals surface area contributed by atoms with Gasteiger partial charge in [0.1, 0.15) is 16.2 Å². The van der Waals surface area contributed by atoms with E-state index in [0.29, 0.717) is 29.1 Å². The summed E-state index contributed by atoms with van der Waals surface area (Å²) >= 11 is 0. The molecule has 0 aliphatic rings. The van der Waals surface area contributed by atoms with Crippen LogP contribution in [0.15, 0.2) is 70.1 Å².